The molecule has 5 rings (SSSR count). The molecule has 1 aliphatic carbocycles. The zero-order chi connectivity index (χ0) is 42.5. The van der Waals surface area contributed by atoms with E-state index in [0.29, 0.717) is 37.4 Å². The standard InChI is InChI=1S/C43H59N7O9/c1-5-14-33(38(52)40(54)44-25-35(51)46-36(41(55)48(2)3)29-16-8-6-9-17-29)45-39(53)34-24-32-27-50(34)42(56)37(30-18-10-7-11-19-30)47-43(57)49(4)26-28-15-12-20-31(23-28)58-21-13-22-59-32/h6,8-9,12,15-17,20,23,30,32-34,36-37H,5,7,10-11,13-14,18-19,21-22,24-27H2,1-4H3,(H,44,54)(H,45,53)(H,46,51)(H,47,57)/t32-,33+,34?,36+,37+/m1/s1. The Morgan fingerprint density at radius 1 is 0.932 bits per heavy atom. The summed E-state index contributed by atoms with van der Waals surface area (Å²) in [7, 11) is 4.78. The van der Waals surface area contributed by atoms with Crippen molar-refractivity contribution in [2.45, 2.75) is 102 Å². The molecule has 2 fully saturated rings. The van der Waals surface area contributed by atoms with Crippen LogP contribution in [0.5, 0.6) is 5.75 Å². The number of rotatable bonds is 12. The molecule has 5 atom stereocenters. The molecule has 1 saturated carbocycles. The lowest BCUT2D eigenvalue weighted by Gasteiger charge is -2.35. The number of nitrogens with one attached hydrogen (secondary N) is 4. The molecular formula is C43H59N7O9. The minimum Gasteiger partial charge on any atom is -0.493 e. The molecule has 0 aromatic heterocycles. The lowest BCUT2D eigenvalue weighted by atomic mass is 9.83. The predicted octanol–water partition coefficient (Wildman–Crippen LogP) is 2.46. The van der Waals surface area contributed by atoms with Gasteiger partial charge in [0.05, 0.1) is 31.9 Å². The van der Waals surface area contributed by atoms with E-state index in [1.54, 1.807) is 58.4 Å². The fourth-order valence-electron chi connectivity index (χ4n) is 7.89. The van der Waals surface area contributed by atoms with E-state index in [1.807, 2.05) is 24.3 Å². The fourth-order valence-corrected chi connectivity index (χ4v) is 7.89. The van der Waals surface area contributed by atoms with Crippen molar-refractivity contribution in [1.82, 2.24) is 36.0 Å². The summed E-state index contributed by atoms with van der Waals surface area (Å²) < 4.78 is 12.1. The number of hydrogen-bond donors (Lipinski definition) is 4. The van der Waals surface area contributed by atoms with E-state index in [1.165, 1.54) is 14.7 Å². The Hall–Kier alpha value is -5.51. The predicted molar refractivity (Wildman–Crippen MR) is 218 cm³/mol. The van der Waals surface area contributed by atoms with Crippen LogP contribution in [0.3, 0.4) is 0 Å². The van der Waals surface area contributed by atoms with E-state index in [-0.39, 0.29) is 37.8 Å². The molecule has 0 radical (unpaired) electrons. The molecule has 2 aromatic carbocycles. The number of nitrogens with zero attached hydrogens (tertiary/aromatic N) is 3. The highest BCUT2D eigenvalue weighted by Crippen LogP contribution is 2.30. The number of fused-ring (bicyclic) bond motifs is 4. The Bertz CT molecular complexity index is 1800. The number of carbonyl (C=O) groups excluding carboxylic acids is 7. The average Bonchev–Trinajstić information content (AvgIpc) is 3.67. The summed E-state index contributed by atoms with van der Waals surface area (Å²) in [5.41, 5.74) is 1.41. The van der Waals surface area contributed by atoms with E-state index in [0.717, 1.165) is 37.7 Å². The summed E-state index contributed by atoms with van der Waals surface area (Å²) in [6.07, 6.45) is 5.06. The van der Waals surface area contributed by atoms with Crippen LogP contribution in [0.2, 0.25) is 0 Å². The molecular weight excluding hydrogens is 759 g/mol. The Morgan fingerprint density at radius 3 is 2.39 bits per heavy atom. The van der Waals surface area contributed by atoms with Crippen molar-refractivity contribution >= 4 is 41.4 Å². The maximum absolute atomic E-state index is 14.7. The maximum Gasteiger partial charge on any atom is 0.318 e. The first-order valence-electron chi connectivity index (χ1n) is 20.7. The zero-order valence-electron chi connectivity index (χ0n) is 34.6. The lowest BCUT2D eigenvalue weighted by molar-refractivity contribution is -0.143. The van der Waals surface area contributed by atoms with Gasteiger partial charge in [-0.1, -0.05) is 75.1 Å². The van der Waals surface area contributed by atoms with Crippen molar-refractivity contribution in [3.05, 3.63) is 65.7 Å². The third-order valence-electron chi connectivity index (χ3n) is 11.1. The molecule has 1 unspecified atom stereocenters. The third-order valence-corrected chi connectivity index (χ3v) is 11.1. The first-order chi connectivity index (χ1) is 28.4. The van der Waals surface area contributed by atoms with Crippen molar-refractivity contribution < 1.29 is 43.0 Å². The number of amides is 7. The summed E-state index contributed by atoms with van der Waals surface area (Å²) in [4.78, 5) is 99.4. The number of urea groups is 1. The van der Waals surface area contributed by atoms with Gasteiger partial charge in [-0.2, -0.15) is 0 Å². The van der Waals surface area contributed by atoms with Gasteiger partial charge in [-0.25, -0.2) is 4.79 Å². The topological polar surface area (TPSA) is 196 Å². The molecule has 320 valence electrons. The van der Waals surface area contributed by atoms with E-state index in [2.05, 4.69) is 21.3 Å². The minimum atomic E-state index is -1.25. The molecule has 2 aliphatic heterocycles. The van der Waals surface area contributed by atoms with Crippen molar-refractivity contribution in [1.29, 1.82) is 0 Å². The van der Waals surface area contributed by atoms with Gasteiger partial charge in [0.2, 0.25) is 29.4 Å². The van der Waals surface area contributed by atoms with Gasteiger partial charge < -0.3 is 45.4 Å². The SMILES string of the molecule is CCC[C@H](NC(=O)C1C[C@@H]2CN1C(=O)[C@H](C1CCCCC1)NC(=O)N(C)Cc1cccc(c1)OCCCO2)C(=O)C(=O)NCC(=O)N[C@H](C(=O)N(C)C)c1ccccc1. The summed E-state index contributed by atoms with van der Waals surface area (Å²) >= 11 is 0. The van der Waals surface area contributed by atoms with Gasteiger partial charge in [-0.15, -0.1) is 0 Å². The second kappa shape index (κ2) is 21.5. The van der Waals surface area contributed by atoms with Crippen LogP contribution >= 0.6 is 0 Å². The first-order valence-corrected chi connectivity index (χ1v) is 20.7. The summed E-state index contributed by atoms with van der Waals surface area (Å²) in [5, 5.41) is 10.7. The minimum absolute atomic E-state index is 0.0930. The van der Waals surface area contributed by atoms with Crippen LogP contribution in [0.4, 0.5) is 4.79 Å². The van der Waals surface area contributed by atoms with Crippen molar-refractivity contribution in [2.24, 2.45) is 5.92 Å². The number of carbonyl (C=O) groups is 7. The van der Waals surface area contributed by atoms with Crippen LogP contribution in [0.15, 0.2) is 54.6 Å². The second-order valence-electron chi connectivity index (χ2n) is 15.8. The molecule has 2 aromatic rings. The molecule has 3 aliphatic rings. The molecule has 16 heteroatoms. The lowest BCUT2D eigenvalue weighted by Crippen LogP contribution is -2.59. The van der Waals surface area contributed by atoms with Crippen LogP contribution < -0.4 is 26.0 Å². The van der Waals surface area contributed by atoms with Gasteiger partial charge in [0.25, 0.3) is 5.91 Å². The van der Waals surface area contributed by atoms with Crippen LogP contribution in [0, 0.1) is 5.92 Å². The molecule has 4 N–H and O–H groups in total. The Kier molecular flexibility index (Phi) is 16.2. The van der Waals surface area contributed by atoms with Gasteiger partial charge in [0.1, 0.15) is 23.9 Å². The average molecular weight is 818 g/mol. The fraction of sp³-hybridized carbons (Fsp3) is 0.558. The smallest absolute Gasteiger partial charge is 0.318 e. The normalized spacial score (nSPS) is 21.5. The maximum atomic E-state index is 14.7. The van der Waals surface area contributed by atoms with Crippen molar-refractivity contribution in [2.75, 3.05) is 47.4 Å². The zero-order valence-corrected chi connectivity index (χ0v) is 34.6. The Labute approximate surface area is 346 Å². The molecule has 0 spiro atoms. The quantitative estimate of drug-likeness (QED) is 0.233. The van der Waals surface area contributed by atoms with E-state index in [4.69, 9.17) is 9.47 Å². The van der Waals surface area contributed by atoms with E-state index < -0.39 is 72.3 Å². The Balaban J connectivity index is 1.29. The van der Waals surface area contributed by atoms with Crippen LogP contribution in [-0.4, -0.2) is 128 Å². The molecule has 2 heterocycles. The van der Waals surface area contributed by atoms with Crippen molar-refractivity contribution in [3.63, 3.8) is 0 Å². The van der Waals surface area contributed by atoms with Gasteiger partial charge in [-0.3, -0.25) is 28.8 Å². The number of Topliss-reactive ketones (excluding diaryl/α,β-unsaturated/α-hetero) is 1. The third kappa shape index (κ3) is 12.3. The number of benzene rings is 2. The van der Waals surface area contributed by atoms with Gasteiger partial charge in [0, 0.05) is 47.1 Å². The molecule has 4 bridgehead atoms. The first kappa shape index (κ1) is 44.6. The van der Waals surface area contributed by atoms with Gasteiger partial charge >= 0.3 is 6.03 Å². The molecule has 7 amide bonds. The molecule has 59 heavy (non-hydrogen) atoms. The summed E-state index contributed by atoms with van der Waals surface area (Å²) in [6.45, 7) is 2.26. The van der Waals surface area contributed by atoms with Gasteiger partial charge in [0.15, 0.2) is 0 Å². The second-order valence-corrected chi connectivity index (χ2v) is 15.8. The summed E-state index contributed by atoms with van der Waals surface area (Å²) in [5.74, 6) is -3.62. The highest BCUT2D eigenvalue weighted by molar-refractivity contribution is 6.38. The largest absolute Gasteiger partial charge is 0.493 e. The van der Waals surface area contributed by atoms with Crippen LogP contribution in [-0.2, 0) is 40.0 Å². The monoisotopic (exact) mass is 817 g/mol. The number of likely N-dealkylation sites (N-methyl/N-ethyl adjacent to an activating group) is 1. The van der Waals surface area contributed by atoms with E-state index >= 15 is 0 Å². The highest BCUT2D eigenvalue weighted by Gasteiger charge is 2.45. The van der Waals surface area contributed by atoms with Crippen LogP contribution in [0.25, 0.3) is 0 Å². The molecule has 16 nitrogen and oxygen atoms in total. The molecule has 1 saturated heterocycles. The number of ether oxygens (including phenoxy) is 2. The summed E-state index contributed by atoms with van der Waals surface area (Å²) in [6, 6.07) is 11.5. The highest BCUT2D eigenvalue weighted by atomic mass is 16.5. The van der Waals surface area contributed by atoms with Crippen molar-refractivity contribution in [3.8, 4) is 5.75 Å². The Morgan fingerprint density at radius 2 is 1.68 bits per heavy atom. The van der Waals surface area contributed by atoms with E-state index in [9.17, 15) is 33.6 Å². The number of hydrogen-bond acceptors (Lipinski definition) is 9. The number of ketones is 1. The van der Waals surface area contributed by atoms with Crippen LogP contribution in [0.1, 0.15) is 81.9 Å². The van der Waals surface area contributed by atoms with Gasteiger partial charge in [-0.05, 0) is 48.4 Å².